The highest BCUT2D eigenvalue weighted by molar-refractivity contribution is 7.92. The molecule has 2 atom stereocenters. The molecular formula is C20H18FN5O2S. The number of hydrogen-bond donors (Lipinski definition) is 0. The molecule has 0 amide bonds. The lowest BCUT2D eigenvalue weighted by atomic mass is 10.1. The molecule has 3 heterocycles. The minimum absolute atomic E-state index is 0.235. The van der Waals surface area contributed by atoms with Gasteiger partial charge in [-0.25, -0.2) is 17.5 Å². The molecule has 29 heavy (non-hydrogen) atoms. The average molecular weight is 411 g/mol. The summed E-state index contributed by atoms with van der Waals surface area (Å²) >= 11 is 0. The number of benzene rings is 2. The second-order valence-electron chi connectivity index (χ2n) is 7.36. The largest absolute Gasteiger partial charge is 0.324 e. The number of sulfone groups is 1. The lowest BCUT2D eigenvalue weighted by Gasteiger charge is -2.26. The molecule has 2 aliphatic heterocycles. The van der Waals surface area contributed by atoms with Crippen LogP contribution in [0.4, 0.5) is 10.1 Å². The zero-order chi connectivity index (χ0) is 20.3. The summed E-state index contributed by atoms with van der Waals surface area (Å²) in [7, 11) is -3.71. The van der Waals surface area contributed by atoms with Crippen LogP contribution in [0.5, 0.6) is 0 Å². The topological polar surface area (TPSA) is 80.5 Å². The second kappa shape index (κ2) is 6.21. The number of aliphatic imine (C=N–C) groups is 1. The van der Waals surface area contributed by atoms with E-state index in [4.69, 9.17) is 0 Å². The Morgan fingerprint density at radius 3 is 2.59 bits per heavy atom. The summed E-state index contributed by atoms with van der Waals surface area (Å²) in [5.41, 5.74) is 3.57. The second-order valence-corrected chi connectivity index (χ2v) is 9.40. The summed E-state index contributed by atoms with van der Waals surface area (Å²) < 4.78 is 42.3. The standard InChI is InChI=1S/C20H18FN5O2S/c1-12-3-6-15(7-4-12)29(27,28)20-19-10-17-13(2)23-24-26(17)18-9-14(21)5-8-16(18)25(19)11-22-20/h3-9,11,19-20H,10H2,1-2H3. The van der Waals surface area contributed by atoms with E-state index in [-0.39, 0.29) is 4.90 Å². The number of halogens is 1. The molecule has 5 rings (SSSR count). The van der Waals surface area contributed by atoms with E-state index in [9.17, 15) is 12.8 Å². The number of rotatable bonds is 2. The van der Waals surface area contributed by atoms with Crippen molar-refractivity contribution in [2.24, 2.45) is 4.99 Å². The number of fused-ring (bicyclic) bond motifs is 5. The van der Waals surface area contributed by atoms with Gasteiger partial charge in [0.2, 0.25) is 9.84 Å². The Kier molecular flexibility index (Phi) is 3.86. The van der Waals surface area contributed by atoms with Crippen LogP contribution in [0.1, 0.15) is 17.0 Å². The number of hydrogen-bond acceptors (Lipinski definition) is 6. The normalized spacial score (nSPS) is 20.2. The molecule has 0 saturated heterocycles. The van der Waals surface area contributed by atoms with Crippen molar-refractivity contribution < 1.29 is 12.8 Å². The number of nitrogens with zero attached hydrogens (tertiary/aromatic N) is 5. The van der Waals surface area contributed by atoms with Crippen LogP contribution in [0.15, 0.2) is 52.4 Å². The van der Waals surface area contributed by atoms with E-state index in [0.29, 0.717) is 23.5 Å². The van der Waals surface area contributed by atoms with Gasteiger partial charge in [0.25, 0.3) is 0 Å². The molecule has 2 aromatic carbocycles. The summed E-state index contributed by atoms with van der Waals surface area (Å²) in [5.74, 6) is -0.402. The van der Waals surface area contributed by atoms with Crippen molar-refractivity contribution in [3.8, 4) is 5.69 Å². The fourth-order valence-corrected chi connectivity index (χ4v) is 5.59. The predicted molar refractivity (Wildman–Crippen MR) is 107 cm³/mol. The Hall–Kier alpha value is -3.07. The van der Waals surface area contributed by atoms with E-state index in [0.717, 1.165) is 11.3 Å². The van der Waals surface area contributed by atoms with Crippen molar-refractivity contribution in [2.45, 2.75) is 36.6 Å². The van der Waals surface area contributed by atoms with Crippen LogP contribution in [0.3, 0.4) is 0 Å². The van der Waals surface area contributed by atoms with Gasteiger partial charge < -0.3 is 4.90 Å². The molecule has 0 saturated carbocycles. The SMILES string of the molecule is Cc1ccc(S(=O)(=O)C2N=CN3c4ccc(F)cc4-n4nnc(C)c4CC23)cc1. The van der Waals surface area contributed by atoms with Crippen LogP contribution in [0.25, 0.3) is 5.69 Å². The molecule has 0 N–H and O–H groups in total. The van der Waals surface area contributed by atoms with Crippen LogP contribution >= 0.6 is 0 Å². The average Bonchev–Trinajstić information content (AvgIpc) is 3.24. The van der Waals surface area contributed by atoms with Gasteiger partial charge in [-0.3, -0.25) is 4.99 Å². The van der Waals surface area contributed by atoms with Crippen LogP contribution in [0.2, 0.25) is 0 Å². The van der Waals surface area contributed by atoms with Crippen molar-refractivity contribution >= 4 is 21.9 Å². The van der Waals surface area contributed by atoms with Crippen molar-refractivity contribution in [1.29, 1.82) is 0 Å². The lowest BCUT2D eigenvalue weighted by Crippen LogP contribution is -2.41. The molecule has 3 aromatic rings. The highest BCUT2D eigenvalue weighted by Crippen LogP contribution is 2.37. The molecule has 2 unspecified atom stereocenters. The Labute approximate surface area is 167 Å². The van der Waals surface area contributed by atoms with E-state index in [1.165, 1.54) is 18.5 Å². The first-order valence-corrected chi connectivity index (χ1v) is 10.7. The lowest BCUT2D eigenvalue weighted by molar-refractivity contribution is 0.558. The Morgan fingerprint density at radius 2 is 1.83 bits per heavy atom. The van der Waals surface area contributed by atoms with Crippen molar-refractivity contribution in [1.82, 2.24) is 15.0 Å². The smallest absolute Gasteiger partial charge is 0.203 e. The molecule has 0 aliphatic carbocycles. The van der Waals surface area contributed by atoms with Gasteiger partial charge in [0.15, 0.2) is 5.37 Å². The van der Waals surface area contributed by atoms with Crippen LogP contribution in [0, 0.1) is 19.7 Å². The molecule has 0 bridgehead atoms. The summed E-state index contributed by atoms with van der Waals surface area (Å²) in [4.78, 5) is 6.41. The van der Waals surface area contributed by atoms with Crippen molar-refractivity contribution in [3.05, 3.63) is 65.2 Å². The van der Waals surface area contributed by atoms with E-state index >= 15 is 0 Å². The molecule has 0 spiro atoms. The summed E-state index contributed by atoms with van der Waals surface area (Å²) in [6, 6.07) is 10.6. The monoisotopic (exact) mass is 411 g/mol. The minimum Gasteiger partial charge on any atom is -0.324 e. The van der Waals surface area contributed by atoms with Crippen LogP contribution in [-0.2, 0) is 16.3 Å². The first kappa shape index (κ1) is 18.0. The Balaban J connectivity index is 1.65. The summed E-state index contributed by atoms with van der Waals surface area (Å²) in [6.07, 6.45) is 1.90. The number of anilines is 1. The van der Waals surface area contributed by atoms with E-state index in [1.807, 2.05) is 13.8 Å². The van der Waals surface area contributed by atoms with Gasteiger partial charge in [0, 0.05) is 12.5 Å². The maximum atomic E-state index is 14.0. The van der Waals surface area contributed by atoms with Gasteiger partial charge in [0.05, 0.1) is 40.0 Å². The van der Waals surface area contributed by atoms with E-state index < -0.39 is 27.1 Å². The first-order chi connectivity index (χ1) is 13.9. The van der Waals surface area contributed by atoms with Crippen molar-refractivity contribution in [3.63, 3.8) is 0 Å². The molecule has 7 nitrogen and oxygen atoms in total. The van der Waals surface area contributed by atoms with Gasteiger partial charge in [0.1, 0.15) is 5.82 Å². The first-order valence-electron chi connectivity index (χ1n) is 9.19. The van der Waals surface area contributed by atoms with Crippen molar-refractivity contribution in [2.75, 3.05) is 4.90 Å². The van der Waals surface area contributed by atoms with Gasteiger partial charge in [-0.05, 0) is 38.1 Å². The van der Waals surface area contributed by atoms with E-state index in [1.54, 1.807) is 39.9 Å². The highest BCUT2D eigenvalue weighted by Gasteiger charge is 2.44. The zero-order valence-corrected chi connectivity index (χ0v) is 16.6. The third-order valence-corrected chi connectivity index (χ3v) is 7.50. The molecule has 1 aromatic heterocycles. The van der Waals surface area contributed by atoms with Crippen LogP contribution in [-0.4, -0.2) is 41.2 Å². The fourth-order valence-electron chi connectivity index (χ4n) is 3.94. The summed E-state index contributed by atoms with van der Waals surface area (Å²) in [5, 5.41) is 7.30. The predicted octanol–water partition coefficient (Wildman–Crippen LogP) is 2.60. The zero-order valence-electron chi connectivity index (χ0n) is 15.8. The van der Waals surface area contributed by atoms with Gasteiger partial charge in [-0.15, -0.1) is 5.10 Å². The van der Waals surface area contributed by atoms with E-state index in [2.05, 4.69) is 15.3 Å². The summed E-state index contributed by atoms with van der Waals surface area (Å²) in [6.45, 7) is 3.72. The molecule has 148 valence electrons. The third-order valence-electron chi connectivity index (χ3n) is 5.50. The Morgan fingerprint density at radius 1 is 1.07 bits per heavy atom. The maximum absolute atomic E-state index is 14.0. The number of aromatic nitrogens is 3. The molecular weight excluding hydrogens is 393 g/mol. The molecule has 2 aliphatic rings. The molecule has 0 radical (unpaired) electrons. The number of aryl methyl sites for hydroxylation is 2. The van der Waals surface area contributed by atoms with Gasteiger partial charge in [-0.1, -0.05) is 22.9 Å². The third kappa shape index (κ3) is 2.68. The molecule has 9 heteroatoms. The van der Waals surface area contributed by atoms with Gasteiger partial charge >= 0.3 is 0 Å². The fraction of sp³-hybridized carbons (Fsp3) is 0.250. The quantitative estimate of drug-likeness (QED) is 0.648. The van der Waals surface area contributed by atoms with Gasteiger partial charge in [-0.2, -0.15) is 0 Å². The van der Waals surface area contributed by atoms with Crippen LogP contribution < -0.4 is 4.90 Å². The maximum Gasteiger partial charge on any atom is 0.203 e. The molecule has 0 fully saturated rings. The highest BCUT2D eigenvalue weighted by atomic mass is 32.2. The minimum atomic E-state index is -3.71. The Bertz CT molecular complexity index is 1250.